The molecule has 3 rings (SSSR count). The lowest BCUT2D eigenvalue weighted by Crippen LogP contribution is -2.16. The number of carbonyl (C=O) groups is 3. The molecule has 6 nitrogen and oxygen atoms in total. The molecule has 0 spiro atoms. The van der Waals surface area contributed by atoms with Crippen molar-refractivity contribution in [3.05, 3.63) is 52.1 Å². The zero-order valence-electron chi connectivity index (χ0n) is 11.7. The molecule has 1 aromatic rings. The second kappa shape index (κ2) is 5.14. The summed E-state index contributed by atoms with van der Waals surface area (Å²) < 4.78 is 9.24. The minimum absolute atomic E-state index is 0.0893. The van der Waals surface area contributed by atoms with Gasteiger partial charge in [-0.1, -0.05) is 24.3 Å². The van der Waals surface area contributed by atoms with Crippen molar-refractivity contribution >= 4 is 23.7 Å². The molecule has 0 fully saturated rings. The van der Waals surface area contributed by atoms with Gasteiger partial charge < -0.3 is 14.6 Å². The van der Waals surface area contributed by atoms with Crippen molar-refractivity contribution in [3.8, 4) is 0 Å². The Bertz CT molecular complexity index is 769. The molecule has 1 heterocycles. The van der Waals surface area contributed by atoms with Crippen molar-refractivity contribution in [1.29, 1.82) is 0 Å². The van der Waals surface area contributed by atoms with E-state index >= 15 is 0 Å². The Kier molecular flexibility index (Phi) is 3.29. The molecule has 2 aliphatic rings. The number of ether oxygens (including phenoxy) is 2. The summed E-state index contributed by atoms with van der Waals surface area (Å²) in [7, 11) is 1.13. The molecular formula is C16H12O6. The number of cyclic esters (lactones) is 2. The van der Waals surface area contributed by atoms with Gasteiger partial charge in [0.2, 0.25) is 0 Å². The summed E-state index contributed by atoms with van der Waals surface area (Å²) in [6.45, 7) is 0. The molecule has 0 saturated heterocycles. The summed E-state index contributed by atoms with van der Waals surface area (Å²) in [5, 5.41) is 10.5. The van der Waals surface area contributed by atoms with Crippen LogP contribution in [0.3, 0.4) is 0 Å². The number of methoxy groups -OCH3 is 1. The van der Waals surface area contributed by atoms with E-state index in [-0.39, 0.29) is 28.9 Å². The number of aryl methyl sites for hydroxylation is 1. The summed E-state index contributed by atoms with van der Waals surface area (Å²) in [5.74, 6) is -3.01. The molecule has 22 heavy (non-hydrogen) atoms. The lowest BCUT2D eigenvalue weighted by atomic mass is 9.88. The summed E-state index contributed by atoms with van der Waals surface area (Å²) >= 11 is 0. The number of rotatable bonds is 1. The first-order valence-corrected chi connectivity index (χ1v) is 6.64. The molecule has 1 aliphatic carbocycles. The van der Waals surface area contributed by atoms with E-state index in [9.17, 15) is 19.5 Å². The number of aliphatic hydroxyl groups excluding tert-OH is 1. The van der Waals surface area contributed by atoms with E-state index in [1.165, 1.54) is 0 Å². The maximum atomic E-state index is 12.1. The van der Waals surface area contributed by atoms with E-state index in [2.05, 4.69) is 9.47 Å². The summed E-state index contributed by atoms with van der Waals surface area (Å²) in [4.78, 5) is 35.8. The van der Waals surface area contributed by atoms with Crippen molar-refractivity contribution in [3.63, 3.8) is 0 Å². The molecule has 0 unspecified atom stereocenters. The van der Waals surface area contributed by atoms with Gasteiger partial charge in [0.15, 0.2) is 0 Å². The molecule has 0 radical (unpaired) electrons. The number of esters is 3. The Hall–Kier alpha value is -2.89. The molecule has 112 valence electrons. The maximum Gasteiger partial charge on any atom is 0.347 e. The minimum Gasteiger partial charge on any atom is -0.506 e. The van der Waals surface area contributed by atoms with Crippen LogP contribution in [0.5, 0.6) is 0 Å². The van der Waals surface area contributed by atoms with Gasteiger partial charge >= 0.3 is 17.9 Å². The van der Waals surface area contributed by atoms with Gasteiger partial charge in [0.25, 0.3) is 0 Å². The summed E-state index contributed by atoms with van der Waals surface area (Å²) in [6.07, 6.45) is 0.681. The summed E-state index contributed by atoms with van der Waals surface area (Å²) in [5.41, 5.74) is 0.748. The standard InChI is InChI=1S/C16H12O6/c1-21-15(19)12-11-10(14(18)22-16(11)20)7-6-8-4-2-3-5-9(8)13(12)17/h2-5,17H,6-7H2,1H3/b13-12-. The molecule has 1 N–H and O–H groups in total. The van der Waals surface area contributed by atoms with Crippen LogP contribution in [0.1, 0.15) is 17.5 Å². The van der Waals surface area contributed by atoms with Crippen molar-refractivity contribution < 1.29 is 29.0 Å². The second-order valence-corrected chi connectivity index (χ2v) is 4.90. The average molecular weight is 300 g/mol. The van der Waals surface area contributed by atoms with E-state index in [1.54, 1.807) is 24.3 Å². The van der Waals surface area contributed by atoms with Crippen LogP contribution in [0.15, 0.2) is 41.0 Å². The Labute approximate surface area is 125 Å². The quantitative estimate of drug-likeness (QED) is 0.623. The minimum atomic E-state index is -0.939. The molecule has 1 aliphatic heterocycles. The molecule has 0 amide bonds. The van der Waals surface area contributed by atoms with Crippen LogP contribution in [0.4, 0.5) is 0 Å². The topological polar surface area (TPSA) is 89.9 Å². The first-order chi connectivity index (χ1) is 10.5. The molecule has 0 atom stereocenters. The van der Waals surface area contributed by atoms with Gasteiger partial charge in [0, 0.05) is 5.56 Å². The monoisotopic (exact) mass is 300 g/mol. The molecule has 0 bridgehead atoms. The van der Waals surface area contributed by atoms with Gasteiger partial charge in [-0.25, -0.2) is 14.4 Å². The zero-order valence-corrected chi connectivity index (χ0v) is 11.7. The Morgan fingerprint density at radius 3 is 2.64 bits per heavy atom. The fraction of sp³-hybridized carbons (Fsp3) is 0.188. The predicted octanol–water partition coefficient (Wildman–Crippen LogP) is 1.45. The lowest BCUT2D eigenvalue weighted by molar-refractivity contribution is -0.151. The van der Waals surface area contributed by atoms with Gasteiger partial charge in [-0.3, -0.25) is 0 Å². The third-order valence-corrected chi connectivity index (χ3v) is 3.73. The van der Waals surface area contributed by atoms with Gasteiger partial charge in [0.1, 0.15) is 11.3 Å². The van der Waals surface area contributed by atoms with Crippen LogP contribution in [0.2, 0.25) is 0 Å². The van der Waals surface area contributed by atoms with E-state index in [0.29, 0.717) is 12.0 Å². The SMILES string of the molecule is COC(=O)/C1=C(\O)c2ccccc2CCC2=C1C(=O)OC2=O. The predicted molar refractivity (Wildman–Crippen MR) is 74.5 cm³/mol. The first kappa shape index (κ1) is 14.1. The van der Waals surface area contributed by atoms with Crippen LogP contribution < -0.4 is 0 Å². The third kappa shape index (κ3) is 2.00. The number of carbonyl (C=O) groups excluding carboxylic acids is 3. The fourth-order valence-corrected chi connectivity index (χ4v) is 2.68. The van der Waals surface area contributed by atoms with Gasteiger partial charge in [-0.15, -0.1) is 0 Å². The fourth-order valence-electron chi connectivity index (χ4n) is 2.68. The largest absolute Gasteiger partial charge is 0.506 e. The van der Waals surface area contributed by atoms with Crippen molar-refractivity contribution in [2.45, 2.75) is 12.8 Å². The Morgan fingerprint density at radius 1 is 1.18 bits per heavy atom. The number of fused-ring (bicyclic) bond motifs is 1. The van der Waals surface area contributed by atoms with Crippen molar-refractivity contribution in [2.75, 3.05) is 7.11 Å². The van der Waals surface area contributed by atoms with Crippen molar-refractivity contribution in [2.24, 2.45) is 0 Å². The third-order valence-electron chi connectivity index (χ3n) is 3.73. The van der Waals surface area contributed by atoms with Crippen LogP contribution >= 0.6 is 0 Å². The average Bonchev–Trinajstić information content (AvgIpc) is 2.78. The smallest absolute Gasteiger partial charge is 0.347 e. The van der Waals surface area contributed by atoms with Gasteiger partial charge in [0.05, 0.1) is 18.3 Å². The number of aliphatic hydroxyl groups is 1. The molecule has 1 aromatic carbocycles. The Balaban J connectivity index is 2.33. The van der Waals surface area contributed by atoms with Crippen LogP contribution in [-0.2, 0) is 30.3 Å². The molecule has 6 heteroatoms. The van der Waals surface area contributed by atoms with Crippen LogP contribution in [0, 0.1) is 0 Å². The van der Waals surface area contributed by atoms with Crippen LogP contribution in [0.25, 0.3) is 5.76 Å². The van der Waals surface area contributed by atoms with E-state index in [4.69, 9.17) is 0 Å². The highest BCUT2D eigenvalue weighted by Crippen LogP contribution is 2.35. The maximum absolute atomic E-state index is 12.1. The highest BCUT2D eigenvalue weighted by atomic mass is 16.6. The summed E-state index contributed by atoms with van der Waals surface area (Å²) in [6, 6.07) is 6.92. The van der Waals surface area contributed by atoms with E-state index in [0.717, 1.165) is 12.7 Å². The van der Waals surface area contributed by atoms with E-state index in [1.807, 2.05) is 0 Å². The van der Waals surface area contributed by atoms with Crippen LogP contribution in [-0.4, -0.2) is 30.1 Å². The normalized spacial score (nSPS) is 20.8. The lowest BCUT2D eigenvalue weighted by Gasteiger charge is -2.16. The molecule has 0 saturated carbocycles. The zero-order chi connectivity index (χ0) is 15.9. The second-order valence-electron chi connectivity index (χ2n) is 4.90. The number of hydrogen-bond acceptors (Lipinski definition) is 6. The van der Waals surface area contributed by atoms with Gasteiger partial charge in [-0.05, 0) is 18.4 Å². The van der Waals surface area contributed by atoms with Gasteiger partial charge in [-0.2, -0.15) is 0 Å². The first-order valence-electron chi connectivity index (χ1n) is 6.64. The Morgan fingerprint density at radius 2 is 1.91 bits per heavy atom. The highest BCUT2D eigenvalue weighted by Gasteiger charge is 2.40. The molecule has 0 aromatic heterocycles. The van der Waals surface area contributed by atoms with E-state index < -0.39 is 17.9 Å². The highest BCUT2D eigenvalue weighted by molar-refractivity contribution is 6.21. The number of hydrogen-bond donors (Lipinski definition) is 1. The number of benzene rings is 1. The van der Waals surface area contributed by atoms with Crippen molar-refractivity contribution in [1.82, 2.24) is 0 Å². The molecular weight excluding hydrogens is 288 g/mol.